The number of carbonyl (C=O) groups is 3. The van der Waals surface area contributed by atoms with E-state index in [1.54, 1.807) is 36.4 Å². The summed E-state index contributed by atoms with van der Waals surface area (Å²) in [6.45, 7) is 1.40. The van der Waals surface area contributed by atoms with Crippen molar-refractivity contribution in [3.05, 3.63) is 71.8 Å². The predicted molar refractivity (Wildman–Crippen MR) is 92.5 cm³/mol. The molecule has 2 aromatic carbocycles. The minimum absolute atomic E-state index is 0.111. The minimum Gasteiger partial charge on any atom is -0.452 e. The highest BCUT2D eigenvalue weighted by molar-refractivity contribution is 5.94. The van der Waals surface area contributed by atoms with E-state index in [4.69, 9.17) is 10.5 Å². The maximum atomic E-state index is 12.4. The fraction of sp³-hybridized carbons (Fsp3) is 0.211. The van der Waals surface area contributed by atoms with Crippen LogP contribution in [0.15, 0.2) is 60.7 Å². The quantitative estimate of drug-likeness (QED) is 0.753. The highest BCUT2D eigenvalue weighted by Gasteiger charge is 2.22. The van der Waals surface area contributed by atoms with E-state index in [2.05, 4.69) is 5.32 Å². The fourth-order valence-electron chi connectivity index (χ4n) is 2.24. The predicted octanol–water partition coefficient (Wildman–Crippen LogP) is 1.96. The van der Waals surface area contributed by atoms with Gasteiger partial charge in [0.15, 0.2) is 6.10 Å². The number of amides is 2. The molecule has 0 radical (unpaired) electrons. The molecule has 130 valence electrons. The number of ether oxygens (including phenoxy) is 1. The van der Waals surface area contributed by atoms with Crippen molar-refractivity contribution in [1.82, 2.24) is 5.32 Å². The Morgan fingerprint density at radius 2 is 1.56 bits per heavy atom. The number of benzene rings is 2. The second-order valence-electron chi connectivity index (χ2n) is 5.54. The molecule has 2 rings (SSSR count). The van der Waals surface area contributed by atoms with Crippen molar-refractivity contribution in [3.63, 3.8) is 0 Å². The normalized spacial score (nSPS) is 12.7. The maximum absolute atomic E-state index is 12.4. The molecule has 2 atom stereocenters. The zero-order valence-electron chi connectivity index (χ0n) is 13.8. The summed E-state index contributed by atoms with van der Waals surface area (Å²) >= 11 is 0. The number of esters is 1. The smallest absolute Gasteiger partial charge is 0.309 e. The standard InChI is InChI=1S/C19H20N2O4/c1-13(18(20)23)25-17(22)12-16(14-8-4-2-5-9-14)21-19(24)15-10-6-3-7-11-15/h2-11,13,16H,12H2,1H3,(H2,20,23)(H,21,24)/t13-,16+/m1/s1. The van der Waals surface area contributed by atoms with Crippen LogP contribution in [-0.4, -0.2) is 23.9 Å². The zero-order valence-corrected chi connectivity index (χ0v) is 13.8. The summed E-state index contributed by atoms with van der Waals surface area (Å²) in [4.78, 5) is 35.5. The van der Waals surface area contributed by atoms with Gasteiger partial charge in [0.05, 0.1) is 12.5 Å². The lowest BCUT2D eigenvalue weighted by molar-refractivity contribution is -0.154. The molecule has 2 aromatic rings. The van der Waals surface area contributed by atoms with E-state index in [0.717, 1.165) is 5.56 Å². The van der Waals surface area contributed by atoms with E-state index < -0.39 is 24.0 Å². The lowest BCUT2D eigenvalue weighted by atomic mass is 10.0. The van der Waals surface area contributed by atoms with Gasteiger partial charge in [-0.1, -0.05) is 48.5 Å². The van der Waals surface area contributed by atoms with Crippen molar-refractivity contribution in [3.8, 4) is 0 Å². The van der Waals surface area contributed by atoms with Crippen LogP contribution in [0.2, 0.25) is 0 Å². The lowest BCUT2D eigenvalue weighted by Crippen LogP contribution is -2.34. The molecule has 0 saturated carbocycles. The molecule has 6 nitrogen and oxygen atoms in total. The molecule has 0 aliphatic carbocycles. The Kier molecular flexibility index (Phi) is 6.28. The van der Waals surface area contributed by atoms with Gasteiger partial charge in [-0.25, -0.2) is 0 Å². The number of hydrogen-bond acceptors (Lipinski definition) is 4. The van der Waals surface area contributed by atoms with Crippen molar-refractivity contribution in [2.75, 3.05) is 0 Å². The molecule has 0 heterocycles. The molecule has 3 N–H and O–H groups in total. The average Bonchev–Trinajstić information content (AvgIpc) is 2.62. The van der Waals surface area contributed by atoms with Crippen molar-refractivity contribution in [1.29, 1.82) is 0 Å². The molecule has 0 aromatic heterocycles. The molecular formula is C19H20N2O4. The van der Waals surface area contributed by atoms with Gasteiger partial charge in [-0.15, -0.1) is 0 Å². The number of nitrogens with one attached hydrogen (secondary N) is 1. The van der Waals surface area contributed by atoms with E-state index >= 15 is 0 Å². The summed E-state index contributed by atoms with van der Waals surface area (Å²) in [5.74, 6) is -1.64. The molecule has 25 heavy (non-hydrogen) atoms. The monoisotopic (exact) mass is 340 g/mol. The van der Waals surface area contributed by atoms with Crippen LogP contribution < -0.4 is 11.1 Å². The highest BCUT2D eigenvalue weighted by atomic mass is 16.5. The summed E-state index contributed by atoms with van der Waals surface area (Å²) < 4.78 is 4.99. The van der Waals surface area contributed by atoms with Crippen LogP contribution in [-0.2, 0) is 14.3 Å². The van der Waals surface area contributed by atoms with Crippen molar-refractivity contribution >= 4 is 17.8 Å². The van der Waals surface area contributed by atoms with Crippen LogP contribution in [0.3, 0.4) is 0 Å². The summed E-state index contributed by atoms with van der Waals surface area (Å²) in [5.41, 5.74) is 6.34. The molecular weight excluding hydrogens is 320 g/mol. The van der Waals surface area contributed by atoms with Gasteiger partial charge in [0, 0.05) is 5.56 Å². The third kappa shape index (κ3) is 5.46. The third-order valence-electron chi connectivity index (χ3n) is 3.62. The van der Waals surface area contributed by atoms with E-state index in [1.807, 2.05) is 24.3 Å². The van der Waals surface area contributed by atoms with Gasteiger partial charge in [0.2, 0.25) is 0 Å². The van der Waals surface area contributed by atoms with Crippen LogP contribution in [0.1, 0.15) is 35.3 Å². The SMILES string of the molecule is C[C@@H](OC(=O)C[C@H](NC(=O)c1ccccc1)c1ccccc1)C(N)=O. The number of carbonyl (C=O) groups excluding carboxylic acids is 3. The van der Waals surface area contributed by atoms with E-state index in [-0.39, 0.29) is 12.3 Å². The van der Waals surface area contributed by atoms with E-state index in [0.29, 0.717) is 5.56 Å². The molecule has 0 aliphatic heterocycles. The third-order valence-corrected chi connectivity index (χ3v) is 3.62. The summed E-state index contributed by atoms with van der Waals surface area (Å²) in [6, 6.07) is 17.2. The van der Waals surface area contributed by atoms with Crippen LogP contribution in [0.4, 0.5) is 0 Å². The molecule has 0 fully saturated rings. The first kappa shape index (κ1) is 18.2. The Bertz CT molecular complexity index is 732. The van der Waals surface area contributed by atoms with Crippen LogP contribution >= 0.6 is 0 Å². The van der Waals surface area contributed by atoms with E-state index in [9.17, 15) is 14.4 Å². The zero-order chi connectivity index (χ0) is 18.2. The van der Waals surface area contributed by atoms with Crippen LogP contribution in [0, 0.1) is 0 Å². The number of nitrogens with two attached hydrogens (primary N) is 1. The Balaban J connectivity index is 2.12. The van der Waals surface area contributed by atoms with Gasteiger partial charge >= 0.3 is 5.97 Å². The first-order valence-corrected chi connectivity index (χ1v) is 7.87. The molecule has 6 heteroatoms. The largest absolute Gasteiger partial charge is 0.452 e. The second-order valence-corrected chi connectivity index (χ2v) is 5.54. The first-order valence-electron chi connectivity index (χ1n) is 7.87. The number of hydrogen-bond donors (Lipinski definition) is 2. The van der Waals surface area contributed by atoms with Crippen LogP contribution in [0.25, 0.3) is 0 Å². The molecule has 0 bridgehead atoms. The maximum Gasteiger partial charge on any atom is 0.309 e. The Labute approximate surface area is 146 Å². The topological polar surface area (TPSA) is 98.5 Å². The summed E-state index contributed by atoms with van der Waals surface area (Å²) in [6.07, 6.45) is -1.13. The van der Waals surface area contributed by atoms with Gasteiger partial charge < -0.3 is 15.8 Å². The molecule has 0 aliphatic rings. The molecule has 0 saturated heterocycles. The van der Waals surface area contributed by atoms with Crippen LogP contribution in [0.5, 0.6) is 0 Å². The van der Waals surface area contributed by atoms with Gasteiger partial charge in [-0.2, -0.15) is 0 Å². The fourth-order valence-corrected chi connectivity index (χ4v) is 2.24. The van der Waals surface area contributed by atoms with E-state index in [1.165, 1.54) is 6.92 Å². The highest BCUT2D eigenvalue weighted by Crippen LogP contribution is 2.18. The van der Waals surface area contributed by atoms with Crippen molar-refractivity contribution < 1.29 is 19.1 Å². The Morgan fingerprint density at radius 3 is 2.12 bits per heavy atom. The molecule has 0 unspecified atom stereocenters. The summed E-state index contributed by atoms with van der Waals surface area (Å²) in [5, 5.41) is 2.83. The second kappa shape index (κ2) is 8.63. The Morgan fingerprint density at radius 1 is 1.00 bits per heavy atom. The van der Waals surface area contributed by atoms with Gasteiger partial charge in [0.1, 0.15) is 0 Å². The van der Waals surface area contributed by atoms with Gasteiger partial charge in [-0.05, 0) is 24.6 Å². The minimum atomic E-state index is -1.02. The lowest BCUT2D eigenvalue weighted by Gasteiger charge is -2.19. The Hall–Kier alpha value is -3.15. The summed E-state index contributed by atoms with van der Waals surface area (Å²) in [7, 11) is 0. The average molecular weight is 340 g/mol. The molecule has 0 spiro atoms. The number of primary amides is 1. The molecule has 2 amide bonds. The number of rotatable bonds is 7. The van der Waals surface area contributed by atoms with Gasteiger partial charge in [0.25, 0.3) is 11.8 Å². The van der Waals surface area contributed by atoms with Gasteiger partial charge in [-0.3, -0.25) is 14.4 Å². The first-order chi connectivity index (χ1) is 12.0. The van der Waals surface area contributed by atoms with Crippen molar-refractivity contribution in [2.24, 2.45) is 5.73 Å². The van der Waals surface area contributed by atoms with Crippen molar-refractivity contribution in [2.45, 2.75) is 25.5 Å².